The standard InChI is InChI=1S/C19H23N3O2.ClH/c1-13-5-6-14(11-16(13)24-2)19(9-3-4-10-19)18(23)22-15-7-8-17(20)21-12-15;/h5-8,11-12H,3-4,9-10H2,1-2H3,(H2,20,21)(H,22,23);1H. The van der Waals surface area contributed by atoms with Gasteiger partial charge in [-0.3, -0.25) is 4.79 Å². The van der Waals surface area contributed by atoms with E-state index in [2.05, 4.69) is 10.3 Å². The molecule has 3 N–H and O–H groups in total. The molecular weight excluding hydrogens is 338 g/mol. The summed E-state index contributed by atoms with van der Waals surface area (Å²) in [6.07, 6.45) is 5.36. The highest BCUT2D eigenvalue weighted by Gasteiger charge is 2.43. The average molecular weight is 362 g/mol. The number of pyridine rings is 1. The minimum Gasteiger partial charge on any atom is -0.496 e. The zero-order chi connectivity index (χ0) is 17.2. The van der Waals surface area contributed by atoms with E-state index >= 15 is 0 Å². The van der Waals surface area contributed by atoms with Gasteiger partial charge in [0.25, 0.3) is 0 Å². The monoisotopic (exact) mass is 361 g/mol. The second-order valence-electron chi connectivity index (χ2n) is 6.40. The lowest BCUT2D eigenvalue weighted by atomic mass is 9.77. The van der Waals surface area contributed by atoms with Gasteiger partial charge in [0.2, 0.25) is 5.91 Å². The maximum Gasteiger partial charge on any atom is 0.235 e. The van der Waals surface area contributed by atoms with E-state index in [1.807, 2.05) is 25.1 Å². The molecule has 6 heteroatoms. The van der Waals surface area contributed by atoms with Crippen LogP contribution in [0.3, 0.4) is 0 Å². The molecule has 1 amide bonds. The van der Waals surface area contributed by atoms with E-state index in [-0.39, 0.29) is 18.3 Å². The number of nitrogens with zero attached hydrogens (tertiary/aromatic N) is 1. The number of nitrogen functional groups attached to an aromatic ring is 1. The number of aromatic nitrogens is 1. The van der Waals surface area contributed by atoms with Crippen molar-refractivity contribution in [3.05, 3.63) is 47.7 Å². The largest absolute Gasteiger partial charge is 0.496 e. The number of nitrogens with one attached hydrogen (secondary N) is 1. The van der Waals surface area contributed by atoms with Crippen molar-refractivity contribution in [2.45, 2.75) is 38.0 Å². The highest BCUT2D eigenvalue weighted by atomic mass is 35.5. The normalized spacial score (nSPS) is 15.3. The summed E-state index contributed by atoms with van der Waals surface area (Å²) in [4.78, 5) is 17.1. The highest BCUT2D eigenvalue weighted by molar-refractivity contribution is 5.99. The van der Waals surface area contributed by atoms with Crippen molar-refractivity contribution in [1.29, 1.82) is 0 Å². The van der Waals surface area contributed by atoms with E-state index in [9.17, 15) is 4.79 Å². The van der Waals surface area contributed by atoms with Gasteiger partial charge in [0.05, 0.1) is 24.4 Å². The number of methoxy groups -OCH3 is 1. The van der Waals surface area contributed by atoms with E-state index in [0.717, 1.165) is 42.6 Å². The highest BCUT2D eigenvalue weighted by Crippen LogP contribution is 2.43. The van der Waals surface area contributed by atoms with Crippen LogP contribution in [0, 0.1) is 6.92 Å². The fraction of sp³-hybridized carbons (Fsp3) is 0.368. The number of nitrogens with two attached hydrogens (primary N) is 1. The Balaban J connectivity index is 0.00000225. The zero-order valence-corrected chi connectivity index (χ0v) is 15.4. The Kier molecular flexibility index (Phi) is 5.90. The first-order valence-corrected chi connectivity index (χ1v) is 8.23. The molecule has 0 spiro atoms. The van der Waals surface area contributed by atoms with Crippen LogP contribution in [0.5, 0.6) is 5.75 Å². The summed E-state index contributed by atoms with van der Waals surface area (Å²) in [5.74, 6) is 1.27. The summed E-state index contributed by atoms with van der Waals surface area (Å²) in [6.45, 7) is 2.00. The minimum atomic E-state index is -0.512. The first-order chi connectivity index (χ1) is 11.5. The van der Waals surface area contributed by atoms with E-state index in [4.69, 9.17) is 10.5 Å². The number of hydrogen-bond acceptors (Lipinski definition) is 4. The second-order valence-corrected chi connectivity index (χ2v) is 6.40. The number of carbonyl (C=O) groups is 1. The van der Waals surface area contributed by atoms with E-state index in [0.29, 0.717) is 11.5 Å². The molecule has 0 radical (unpaired) electrons. The van der Waals surface area contributed by atoms with Crippen LogP contribution in [0.4, 0.5) is 11.5 Å². The van der Waals surface area contributed by atoms with Gasteiger partial charge in [-0.15, -0.1) is 12.4 Å². The molecular formula is C19H24ClN3O2. The van der Waals surface area contributed by atoms with Gasteiger partial charge < -0.3 is 15.8 Å². The van der Waals surface area contributed by atoms with Gasteiger partial charge in [0, 0.05) is 0 Å². The van der Waals surface area contributed by atoms with Crippen molar-refractivity contribution in [3.8, 4) is 5.75 Å². The number of anilines is 2. The molecule has 0 atom stereocenters. The first-order valence-electron chi connectivity index (χ1n) is 8.23. The van der Waals surface area contributed by atoms with Crippen LogP contribution in [0.15, 0.2) is 36.5 Å². The third-order valence-electron chi connectivity index (χ3n) is 4.90. The first kappa shape index (κ1) is 19.1. The van der Waals surface area contributed by atoms with Crippen LogP contribution < -0.4 is 15.8 Å². The van der Waals surface area contributed by atoms with Crippen LogP contribution >= 0.6 is 12.4 Å². The fourth-order valence-corrected chi connectivity index (χ4v) is 3.47. The summed E-state index contributed by atoms with van der Waals surface area (Å²) < 4.78 is 5.45. The molecule has 1 fully saturated rings. The Hall–Kier alpha value is -2.27. The van der Waals surface area contributed by atoms with Gasteiger partial charge in [-0.25, -0.2) is 4.98 Å². The van der Waals surface area contributed by atoms with Crippen molar-refractivity contribution in [2.24, 2.45) is 0 Å². The minimum absolute atomic E-state index is 0. The van der Waals surface area contributed by atoms with Gasteiger partial charge in [-0.2, -0.15) is 0 Å². The number of carbonyl (C=O) groups excluding carboxylic acids is 1. The lowest BCUT2D eigenvalue weighted by molar-refractivity contribution is -0.121. The number of rotatable bonds is 4. The van der Waals surface area contributed by atoms with E-state index in [1.165, 1.54) is 0 Å². The fourth-order valence-electron chi connectivity index (χ4n) is 3.47. The molecule has 1 aliphatic rings. The van der Waals surface area contributed by atoms with Crippen LogP contribution in [-0.2, 0) is 10.2 Å². The number of hydrogen-bond donors (Lipinski definition) is 2. The second kappa shape index (κ2) is 7.74. The van der Waals surface area contributed by atoms with Crippen LogP contribution in [0.2, 0.25) is 0 Å². The zero-order valence-electron chi connectivity index (χ0n) is 14.5. The molecule has 25 heavy (non-hydrogen) atoms. The van der Waals surface area contributed by atoms with Crippen molar-refractivity contribution < 1.29 is 9.53 Å². The Bertz CT molecular complexity index is 741. The topological polar surface area (TPSA) is 77.2 Å². The summed E-state index contributed by atoms with van der Waals surface area (Å²) in [5, 5.41) is 3.00. The van der Waals surface area contributed by atoms with Crippen molar-refractivity contribution in [1.82, 2.24) is 4.98 Å². The number of amides is 1. The molecule has 1 aromatic carbocycles. The molecule has 1 saturated carbocycles. The summed E-state index contributed by atoms with van der Waals surface area (Å²) in [6, 6.07) is 9.53. The summed E-state index contributed by atoms with van der Waals surface area (Å²) >= 11 is 0. The maximum absolute atomic E-state index is 13.1. The molecule has 134 valence electrons. The molecule has 1 aromatic heterocycles. The Morgan fingerprint density at radius 1 is 1.24 bits per heavy atom. The van der Waals surface area contributed by atoms with Gasteiger partial charge in [0.15, 0.2) is 0 Å². The van der Waals surface area contributed by atoms with Crippen LogP contribution in [0.25, 0.3) is 0 Å². The Labute approximate surface area is 154 Å². The van der Waals surface area contributed by atoms with Crippen molar-refractivity contribution >= 4 is 29.8 Å². The number of halogens is 1. The van der Waals surface area contributed by atoms with Gasteiger partial charge in [0.1, 0.15) is 11.6 Å². The summed E-state index contributed by atoms with van der Waals surface area (Å²) in [5.41, 5.74) is 7.84. The molecule has 1 aliphatic carbocycles. The average Bonchev–Trinajstić information content (AvgIpc) is 3.08. The molecule has 3 rings (SSSR count). The van der Waals surface area contributed by atoms with Gasteiger partial charge in [-0.1, -0.05) is 25.0 Å². The van der Waals surface area contributed by atoms with E-state index < -0.39 is 5.41 Å². The predicted molar refractivity (Wildman–Crippen MR) is 102 cm³/mol. The molecule has 0 unspecified atom stereocenters. The molecule has 0 bridgehead atoms. The van der Waals surface area contributed by atoms with E-state index in [1.54, 1.807) is 25.4 Å². The Morgan fingerprint density at radius 3 is 2.56 bits per heavy atom. The molecule has 2 aromatic rings. The lowest BCUT2D eigenvalue weighted by Crippen LogP contribution is -2.38. The lowest BCUT2D eigenvalue weighted by Gasteiger charge is -2.29. The third kappa shape index (κ3) is 3.71. The van der Waals surface area contributed by atoms with Crippen molar-refractivity contribution in [2.75, 3.05) is 18.2 Å². The number of aryl methyl sites for hydroxylation is 1. The molecule has 0 aliphatic heterocycles. The third-order valence-corrected chi connectivity index (χ3v) is 4.90. The number of ether oxygens (including phenoxy) is 1. The summed E-state index contributed by atoms with van der Waals surface area (Å²) in [7, 11) is 1.66. The maximum atomic E-state index is 13.1. The van der Waals surface area contributed by atoms with Crippen molar-refractivity contribution in [3.63, 3.8) is 0 Å². The quantitative estimate of drug-likeness (QED) is 0.867. The smallest absolute Gasteiger partial charge is 0.235 e. The molecule has 1 heterocycles. The SMILES string of the molecule is COc1cc(C2(C(=O)Nc3ccc(N)nc3)CCCC2)ccc1C.Cl. The number of benzene rings is 1. The van der Waals surface area contributed by atoms with Gasteiger partial charge >= 0.3 is 0 Å². The van der Waals surface area contributed by atoms with Crippen LogP contribution in [0.1, 0.15) is 36.8 Å². The molecule has 0 saturated heterocycles. The van der Waals surface area contributed by atoms with Crippen LogP contribution in [-0.4, -0.2) is 18.0 Å². The molecule has 5 nitrogen and oxygen atoms in total. The van der Waals surface area contributed by atoms with Gasteiger partial charge in [-0.05, 0) is 49.1 Å². The predicted octanol–water partition coefficient (Wildman–Crippen LogP) is 3.85. The Morgan fingerprint density at radius 2 is 1.96 bits per heavy atom.